The lowest BCUT2D eigenvalue weighted by molar-refractivity contribution is -0.146. The third-order valence-electron chi connectivity index (χ3n) is 7.18. The molecule has 1 atom stereocenters. The van der Waals surface area contributed by atoms with Crippen molar-refractivity contribution in [2.75, 3.05) is 19.8 Å². The van der Waals surface area contributed by atoms with E-state index in [1.54, 1.807) is 17.4 Å². The van der Waals surface area contributed by atoms with Gasteiger partial charge in [-0.25, -0.2) is 0 Å². The van der Waals surface area contributed by atoms with Gasteiger partial charge in [0.15, 0.2) is 11.5 Å². The molecule has 180 valence electrons. The molecule has 6 rings (SSSR count). The summed E-state index contributed by atoms with van der Waals surface area (Å²) in [6.45, 7) is 6.00. The summed E-state index contributed by atoms with van der Waals surface area (Å²) >= 11 is 1.79. The van der Waals surface area contributed by atoms with E-state index >= 15 is 0 Å². The molecule has 1 saturated heterocycles. The van der Waals surface area contributed by atoms with Gasteiger partial charge in [0.2, 0.25) is 5.91 Å². The summed E-state index contributed by atoms with van der Waals surface area (Å²) in [4.78, 5) is 15.3. The second kappa shape index (κ2) is 8.54. The van der Waals surface area contributed by atoms with E-state index in [2.05, 4.69) is 48.5 Å². The summed E-state index contributed by atoms with van der Waals surface area (Å²) < 4.78 is 14.3. The summed E-state index contributed by atoms with van der Waals surface area (Å²) in [5.41, 5.74) is 2.51. The Bertz CT molecular complexity index is 1440. The maximum atomic E-state index is 13.4. The molecule has 0 unspecified atom stereocenters. The van der Waals surface area contributed by atoms with Crippen molar-refractivity contribution in [1.29, 1.82) is 0 Å². The predicted octanol–water partition coefficient (Wildman–Crippen LogP) is 6.35. The van der Waals surface area contributed by atoms with Crippen LogP contribution in [0.25, 0.3) is 31.3 Å². The standard InChI is InChI=1S/C29H29NO4S/c1-29(2)16-19(9-11-34-29)28(32)30-10-12-33-27-21(17-30)13-20(15-24(27)31)18-7-8-26-23(14-18)22-5-3-4-6-25(22)35-26/h3-8,13-15,19,31H,9-12,16-17H2,1-2H3/t19-/m0/s1. The van der Waals surface area contributed by atoms with Crippen LogP contribution in [0.3, 0.4) is 0 Å². The van der Waals surface area contributed by atoms with Crippen LogP contribution >= 0.6 is 11.3 Å². The lowest BCUT2D eigenvalue weighted by atomic mass is 9.87. The minimum atomic E-state index is -0.283. The van der Waals surface area contributed by atoms with Crippen LogP contribution in [-0.4, -0.2) is 41.3 Å². The van der Waals surface area contributed by atoms with Crippen LogP contribution in [0.4, 0.5) is 0 Å². The minimum absolute atomic E-state index is 0.0497. The second-order valence-electron chi connectivity index (χ2n) is 10.2. The van der Waals surface area contributed by atoms with Gasteiger partial charge < -0.3 is 19.5 Å². The van der Waals surface area contributed by atoms with Crippen LogP contribution in [0, 0.1) is 5.92 Å². The molecule has 1 N–H and O–H groups in total. The van der Waals surface area contributed by atoms with Crippen molar-refractivity contribution in [3.8, 4) is 22.6 Å². The number of fused-ring (bicyclic) bond motifs is 4. The van der Waals surface area contributed by atoms with Gasteiger partial charge in [-0.05, 0) is 68.1 Å². The highest BCUT2D eigenvalue weighted by Gasteiger charge is 2.36. The van der Waals surface area contributed by atoms with E-state index in [0.717, 1.165) is 29.5 Å². The number of phenols is 1. The number of rotatable bonds is 2. The van der Waals surface area contributed by atoms with Crippen LogP contribution < -0.4 is 4.74 Å². The van der Waals surface area contributed by atoms with E-state index in [9.17, 15) is 9.90 Å². The van der Waals surface area contributed by atoms with Crippen LogP contribution in [0.2, 0.25) is 0 Å². The molecule has 4 aromatic rings. The van der Waals surface area contributed by atoms with E-state index in [1.165, 1.54) is 20.2 Å². The fourth-order valence-corrected chi connectivity index (χ4v) is 6.55. The fourth-order valence-electron chi connectivity index (χ4n) is 5.46. The monoisotopic (exact) mass is 487 g/mol. The van der Waals surface area contributed by atoms with Crippen LogP contribution in [0.1, 0.15) is 32.3 Å². The number of phenolic OH excluding ortho intramolecular Hbond substituents is 1. The van der Waals surface area contributed by atoms with E-state index in [4.69, 9.17) is 9.47 Å². The number of hydrogen-bond acceptors (Lipinski definition) is 5. The first kappa shape index (κ1) is 22.4. The highest BCUT2D eigenvalue weighted by atomic mass is 32.1. The summed E-state index contributed by atoms with van der Waals surface area (Å²) in [6.07, 6.45) is 1.46. The minimum Gasteiger partial charge on any atom is -0.504 e. The molecule has 0 radical (unpaired) electrons. The SMILES string of the molecule is CC1(C)C[C@@H](C(=O)N2CCOc3c(O)cc(-c4ccc5sc6ccccc6c5c4)cc3C2)CCO1. The van der Waals surface area contributed by atoms with Gasteiger partial charge in [0.25, 0.3) is 0 Å². The first-order valence-electron chi connectivity index (χ1n) is 12.2. The van der Waals surface area contributed by atoms with Crippen molar-refractivity contribution in [1.82, 2.24) is 4.90 Å². The Hall–Kier alpha value is -3.09. The molecule has 5 nitrogen and oxygen atoms in total. The molecule has 0 spiro atoms. The van der Waals surface area contributed by atoms with Crippen molar-refractivity contribution in [2.24, 2.45) is 5.92 Å². The number of aromatic hydroxyl groups is 1. The number of hydrogen-bond donors (Lipinski definition) is 1. The largest absolute Gasteiger partial charge is 0.504 e. The molecular weight excluding hydrogens is 458 g/mol. The topological polar surface area (TPSA) is 59.0 Å². The number of carbonyl (C=O) groups excluding carboxylic acids is 1. The quantitative estimate of drug-likeness (QED) is 0.358. The van der Waals surface area contributed by atoms with Crippen molar-refractivity contribution in [2.45, 2.75) is 38.8 Å². The Balaban J connectivity index is 1.34. The highest BCUT2D eigenvalue weighted by molar-refractivity contribution is 7.25. The molecule has 0 aliphatic carbocycles. The Morgan fingerprint density at radius 2 is 1.86 bits per heavy atom. The first-order valence-corrected chi connectivity index (χ1v) is 13.0. The predicted molar refractivity (Wildman–Crippen MR) is 140 cm³/mol. The van der Waals surface area contributed by atoms with Crippen molar-refractivity contribution < 1.29 is 19.4 Å². The molecular formula is C29H29NO4S. The molecule has 3 aromatic carbocycles. The van der Waals surface area contributed by atoms with Gasteiger partial charge in [0, 0.05) is 44.8 Å². The third-order valence-corrected chi connectivity index (χ3v) is 8.33. The average Bonchev–Trinajstić information content (AvgIpc) is 3.06. The lowest BCUT2D eigenvalue weighted by Gasteiger charge is -2.36. The number of amides is 1. The Morgan fingerprint density at radius 3 is 2.71 bits per heavy atom. The molecule has 3 heterocycles. The van der Waals surface area contributed by atoms with E-state index < -0.39 is 0 Å². The normalized spacial score (nSPS) is 19.8. The van der Waals surface area contributed by atoms with Gasteiger partial charge >= 0.3 is 0 Å². The zero-order valence-electron chi connectivity index (χ0n) is 20.0. The first-order chi connectivity index (χ1) is 16.9. The Morgan fingerprint density at radius 1 is 1.03 bits per heavy atom. The summed E-state index contributed by atoms with van der Waals surface area (Å²) in [7, 11) is 0. The van der Waals surface area contributed by atoms with Gasteiger partial charge in [0.05, 0.1) is 12.1 Å². The van der Waals surface area contributed by atoms with Crippen molar-refractivity contribution in [3.05, 3.63) is 60.2 Å². The second-order valence-corrected chi connectivity index (χ2v) is 11.3. The maximum Gasteiger partial charge on any atom is 0.226 e. The zero-order valence-corrected chi connectivity index (χ0v) is 20.9. The van der Waals surface area contributed by atoms with Gasteiger partial charge in [-0.15, -0.1) is 11.3 Å². The fraction of sp³-hybridized carbons (Fsp3) is 0.345. The molecule has 35 heavy (non-hydrogen) atoms. The smallest absolute Gasteiger partial charge is 0.226 e. The summed E-state index contributed by atoms with van der Waals surface area (Å²) in [5, 5.41) is 13.3. The molecule has 1 amide bonds. The molecule has 1 fully saturated rings. The average molecular weight is 488 g/mol. The maximum absolute atomic E-state index is 13.4. The van der Waals surface area contributed by atoms with Crippen molar-refractivity contribution in [3.63, 3.8) is 0 Å². The summed E-state index contributed by atoms with van der Waals surface area (Å²) in [5.74, 6) is 0.702. The molecule has 2 aliphatic rings. The number of carbonyl (C=O) groups is 1. The van der Waals surface area contributed by atoms with Gasteiger partial charge in [-0.1, -0.05) is 24.3 Å². The Labute approximate surface area is 208 Å². The highest BCUT2D eigenvalue weighted by Crippen LogP contribution is 2.41. The molecule has 0 bridgehead atoms. The van der Waals surface area contributed by atoms with E-state index in [1.807, 2.05) is 18.7 Å². The Kier molecular flexibility index (Phi) is 5.46. The summed E-state index contributed by atoms with van der Waals surface area (Å²) in [6, 6.07) is 18.7. The van der Waals surface area contributed by atoms with Gasteiger partial charge in [-0.3, -0.25) is 4.79 Å². The zero-order chi connectivity index (χ0) is 24.2. The van der Waals surface area contributed by atoms with E-state index in [0.29, 0.717) is 32.1 Å². The number of benzene rings is 3. The molecule has 0 saturated carbocycles. The van der Waals surface area contributed by atoms with Crippen molar-refractivity contribution >= 4 is 37.4 Å². The molecule has 6 heteroatoms. The molecule has 2 aliphatic heterocycles. The number of ether oxygens (including phenoxy) is 2. The van der Waals surface area contributed by atoms with Crippen LogP contribution in [0.15, 0.2) is 54.6 Å². The van der Waals surface area contributed by atoms with Crippen LogP contribution in [0.5, 0.6) is 11.5 Å². The lowest BCUT2D eigenvalue weighted by Crippen LogP contribution is -2.43. The molecule has 1 aromatic heterocycles. The third kappa shape index (κ3) is 4.15. The number of nitrogens with zero attached hydrogens (tertiary/aromatic N) is 1. The van der Waals surface area contributed by atoms with Gasteiger partial charge in [-0.2, -0.15) is 0 Å². The number of thiophene rings is 1. The van der Waals surface area contributed by atoms with E-state index in [-0.39, 0.29) is 23.2 Å². The van der Waals surface area contributed by atoms with Crippen LogP contribution in [-0.2, 0) is 16.1 Å². The van der Waals surface area contributed by atoms with Gasteiger partial charge in [0.1, 0.15) is 6.61 Å².